The number of ether oxygens (including phenoxy) is 1. The lowest BCUT2D eigenvalue weighted by atomic mass is 10.0. The molecule has 1 aliphatic rings. The van der Waals surface area contributed by atoms with Crippen molar-refractivity contribution in [2.24, 2.45) is 5.73 Å². The molecule has 2 N–H and O–H groups in total. The Hall–Kier alpha value is -1.60. The minimum atomic E-state index is -4.48. The van der Waals surface area contributed by atoms with Gasteiger partial charge >= 0.3 is 6.18 Å². The Bertz CT molecular complexity index is 522. The van der Waals surface area contributed by atoms with Crippen molar-refractivity contribution >= 4 is 5.91 Å². The van der Waals surface area contributed by atoms with Gasteiger partial charge in [0.15, 0.2) is 6.10 Å². The van der Waals surface area contributed by atoms with Crippen LogP contribution in [0.1, 0.15) is 18.9 Å². The van der Waals surface area contributed by atoms with Gasteiger partial charge in [0.1, 0.15) is 0 Å². The molecule has 1 amide bonds. The van der Waals surface area contributed by atoms with Crippen LogP contribution in [0.5, 0.6) is 0 Å². The van der Waals surface area contributed by atoms with Crippen LogP contribution in [0.2, 0.25) is 0 Å². The molecular weight excluding hydrogens is 309 g/mol. The van der Waals surface area contributed by atoms with Gasteiger partial charge in [-0.25, -0.2) is 0 Å². The molecule has 0 aliphatic carbocycles. The largest absolute Gasteiger partial charge is 0.416 e. The maximum Gasteiger partial charge on any atom is 0.416 e. The second kappa shape index (κ2) is 7.31. The highest BCUT2D eigenvalue weighted by molar-refractivity contribution is 5.77. The number of benzene rings is 1. The van der Waals surface area contributed by atoms with Gasteiger partial charge in [0.25, 0.3) is 0 Å². The molecule has 1 fully saturated rings. The lowest BCUT2D eigenvalue weighted by Crippen LogP contribution is -2.57. The van der Waals surface area contributed by atoms with Gasteiger partial charge in [-0.3, -0.25) is 4.79 Å². The summed E-state index contributed by atoms with van der Waals surface area (Å²) in [5.74, 6) is -0.363. The summed E-state index contributed by atoms with van der Waals surface area (Å²) in [6.07, 6.45) is -5.90. The normalized spacial score (nSPS) is 23.6. The van der Waals surface area contributed by atoms with E-state index in [2.05, 4.69) is 0 Å². The zero-order valence-electron chi connectivity index (χ0n) is 12.9. The topological polar surface area (TPSA) is 55.6 Å². The quantitative estimate of drug-likeness (QED) is 0.920. The molecule has 3 atom stereocenters. The van der Waals surface area contributed by atoms with Gasteiger partial charge in [-0.15, -0.1) is 0 Å². The van der Waals surface area contributed by atoms with Crippen molar-refractivity contribution in [3.8, 4) is 0 Å². The number of alkyl halides is 3. The number of carbonyl (C=O) groups excluding carboxylic acids is 1. The first kappa shape index (κ1) is 17.7. The molecule has 1 unspecified atom stereocenters. The van der Waals surface area contributed by atoms with Crippen molar-refractivity contribution in [1.82, 2.24) is 4.90 Å². The monoisotopic (exact) mass is 330 g/mol. The highest BCUT2D eigenvalue weighted by atomic mass is 19.4. The highest BCUT2D eigenvalue weighted by Gasteiger charge is 2.48. The summed E-state index contributed by atoms with van der Waals surface area (Å²) in [6.45, 7) is 1.40. The molecule has 0 aromatic heterocycles. The fourth-order valence-corrected chi connectivity index (χ4v) is 2.83. The summed E-state index contributed by atoms with van der Waals surface area (Å²) in [5, 5.41) is 0. The number of halogens is 3. The number of nitrogens with two attached hydrogens (primary N) is 1. The first-order chi connectivity index (χ1) is 10.8. The number of nitrogens with zero attached hydrogens (tertiary/aromatic N) is 1. The first-order valence-electron chi connectivity index (χ1n) is 7.56. The molecule has 1 saturated heterocycles. The molecule has 7 heteroatoms. The predicted octanol–water partition coefficient (Wildman–Crippen LogP) is 2.12. The summed E-state index contributed by atoms with van der Waals surface area (Å²) < 4.78 is 43.5. The second-order valence-corrected chi connectivity index (χ2v) is 5.81. The molecule has 0 bridgehead atoms. The molecular formula is C16H21F3N2O2. The van der Waals surface area contributed by atoms with Gasteiger partial charge < -0.3 is 15.4 Å². The number of hydrogen-bond acceptors (Lipinski definition) is 3. The zero-order valence-corrected chi connectivity index (χ0v) is 12.9. The summed E-state index contributed by atoms with van der Waals surface area (Å²) in [5.41, 5.74) is 6.97. The van der Waals surface area contributed by atoms with Gasteiger partial charge in [0.05, 0.1) is 12.6 Å². The van der Waals surface area contributed by atoms with E-state index in [9.17, 15) is 18.0 Å². The van der Waals surface area contributed by atoms with Crippen LogP contribution < -0.4 is 5.73 Å². The molecule has 2 rings (SSSR count). The van der Waals surface area contributed by atoms with E-state index in [-0.39, 0.29) is 25.5 Å². The fourth-order valence-electron chi connectivity index (χ4n) is 2.83. The Kier molecular flexibility index (Phi) is 5.64. The maximum atomic E-state index is 12.9. The summed E-state index contributed by atoms with van der Waals surface area (Å²) >= 11 is 0. The van der Waals surface area contributed by atoms with E-state index >= 15 is 0 Å². The third kappa shape index (κ3) is 4.68. The van der Waals surface area contributed by atoms with Gasteiger partial charge in [-0.05, 0) is 18.9 Å². The van der Waals surface area contributed by atoms with Crippen molar-refractivity contribution in [3.63, 3.8) is 0 Å². The molecule has 0 spiro atoms. The first-order valence-corrected chi connectivity index (χ1v) is 7.56. The Morgan fingerprint density at radius 3 is 2.65 bits per heavy atom. The van der Waals surface area contributed by atoms with E-state index in [0.29, 0.717) is 6.42 Å². The van der Waals surface area contributed by atoms with Crippen LogP contribution in [0.4, 0.5) is 13.2 Å². The van der Waals surface area contributed by atoms with E-state index in [0.717, 1.165) is 5.56 Å². The van der Waals surface area contributed by atoms with Gasteiger partial charge in [0.2, 0.25) is 5.91 Å². The van der Waals surface area contributed by atoms with Crippen LogP contribution in [0.15, 0.2) is 30.3 Å². The molecule has 1 heterocycles. The molecule has 0 radical (unpaired) electrons. The molecule has 0 saturated carbocycles. The minimum absolute atomic E-state index is 0.0177. The Morgan fingerprint density at radius 2 is 2.04 bits per heavy atom. The summed E-state index contributed by atoms with van der Waals surface area (Å²) in [6, 6.07) is 7.98. The highest BCUT2D eigenvalue weighted by Crippen LogP contribution is 2.30. The lowest BCUT2D eigenvalue weighted by Gasteiger charge is -2.40. The molecule has 23 heavy (non-hydrogen) atoms. The van der Waals surface area contributed by atoms with Gasteiger partial charge in [-0.2, -0.15) is 13.2 Å². The molecule has 128 valence electrons. The number of morpholine rings is 1. The standard InChI is InChI=1S/C16H21F3N2O2/c1-11-15(16(17,18)19)23-8-7-21(11)14(22)10-13(20)9-12-5-3-2-4-6-12/h2-6,11,13,15H,7-10,20H2,1H3/t11-,13?,15-/m1/s1. The van der Waals surface area contributed by atoms with Crippen molar-refractivity contribution in [1.29, 1.82) is 0 Å². The van der Waals surface area contributed by atoms with E-state index in [4.69, 9.17) is 10.5 Å². The molecule has 1 aromatic carbocycles. The fraction of sp³-hybridized carbons (Fsp3) is 0.562. The van der Waals surface area contributed by atoms with Crippen molar-refractivity contribution in [2.45, 2.75) is 44.1 Å². The molecule has 1 aliphatic heterocycles. The van der Waals surface area contributed by atoms with E-state index < -0.39 is 24.4 Å². The average Bonchev–Trinajstić information content (AvgIpc) is 2.47. The van der Waals surface area contributed by atoms with E-state index in [1.54, 1.807) is 0 Å². The van der Waals surface area contributed by atoms with Crippen LogP contribution in [-0.2, 0) is 16.0 Å². The Balaban J connectivity index is 1.94. The zero-order chi connectivity index (χ0) is 17.0. The predicted molar refractivity (Wildman–Crippen MR) is 79.7 cm³/mol. The minimum Gasteiger partial charge on any atom is -0.365 e. The maximum absolute atomic E-state index is 12.9. The van der Waals surface area contributed by atoms with Crippen LogP contribution in [0.25, 0.3) is 0 Å². The third-order valence-corrected chi connectivity index (χ3v) is 3.98. The Labute approximate surface area is 133 Å². The van der Waals surface area contributed by atoms with Crippen LogP contribution in [0.3, 0.4) is 0 Å². The van der Waals surface area contributed by atoms with Crippen LogP contribution in [-0.4, -0.2) is 48.3 Å². The number of hydrogen-bond donors (Lipinski definition) is 1. The number of amides is 1. The Morgan fingerprint density at radius 1 is 1.39 bits per heavy atom. The van der Waals surface area contributed by atoms with Crippen molar-refractivity contribution in [3.05, 3.63) is 35.9 Å². The number of carbonyl (C=O) groups is 1. The van der Waals surface area contributed by atoms with E-state index in [1.807, 2.05) is 30.3 Å². The third-order valence-electron chi connectivity index (χ3n) is 3.98. The lowest BCUT2D eigenvalue weighted by molar-refractivity contribution is -0.250. The summed E-state index contributed by atoms with van der Waals surface area (Å²) in [4.78, 5) is 13.5. The molecule has 1 aromatic rings. The van der Waals surface area contributed by atoms with Crippen molar-refractivity contribution < 1.29 is 22.7 Å². The summed E-state index contributed by atoms with van der Waals surface area (Å²) in [7, 11) is 0. The van der Waals surface area contributed by atoms with Crippen molar-refractivity contribution in [2.75, 3.05) is 13.2 Å². The van der Waals surface area contributed by atoms with Crippen LogP contribution in [0, 0.1) is 0 Å². The van der Waals surface area contributed by atoms with Gasteiger partial charge in [0, 0.05) is 19.0 Å². The van der Waals surface area contributed by atoms with Crippen LogP contribution >= 0.6 is 0 Å². The average molecular weight is 330 g/mol. The number of rotatable bonds is 4. The molecule has 4 nitrogen and oxygen atoms in total. The smallest absolute Gasteiger partial charge is 0.365 e. The SMILES string of the molecule is C[C@@H]1[C@H](C(F)(F)F)OCCN1C(=O)CC(N)Cc1ccccc1. The van der Waals surface area contributed by atoms with E-state index in [1.165, 1.54) is 11.8 Å². The van der Waals surface area contributed by atoms with Gasteiger partial charge in [-0.1, -0.05) is 30.3 Å². The second-order valence-electron chi connectivity index (χ2n) is 5.81.